The summed E-state index contributed by atoms with van der Waals surface area (Å²) in [4.78, 5) is 10.6. The smallest absolute Gasteiger partial charge is 0.277 e. The van der Waals surface area contributed by atoms with Crippen molar-refractivity contribution in [3.05, 3.63) is 58.6 Å². The van der Waals surface area contributed by atoms with Crippen LogP contribution in [0.15, 0.2) is 48.5 Å². The van der Waals surface area contributed by atoms with Gasteiger partial charge in [0.1, 0.15) is 5.75 Å². The normalized spacial score (nSPS) is 9.94. The summed E-state index contributed by atoms with van der Waals surface area (Å²) >= 11 is 0. The van der Waals surface area contributed by atoms with Gasteiger partial charge in [0.2, 0.25) is 0 Å². The van der Waals surface area contributed by atoms with E-state index < -0.39 is 0 Å². The van der Waals surface area contributed by atoms with E-state index in [1.165, 1.54) is 13.2 Å². The topological polar surface area (TPSA) is 52.4 Å². The molecule has 2 rings (SSSR count). The first-order valence-electron chi connectivity index (χ1n) is 5.10. The Morgan fingerprint density at radius 3 is 2.41 bits per heavy atom. The molecule has 4 heteroatoms. The summed E-state index contributed by atoms with van der Waals surface area (Å²) in [6, 6.07) is 14.0. The molecule has 0 aliphatic carbocycles. The molecule has 0 N–H and O–H groups in total. The van der Waals surface area contributed by atoms with Crippen molar-refractivity contribution in [3.63, 3.8) is 0 Å². The lowest BCUT2D eigenvalue weighted by molar-refractivity contribution is -0.384. The van der Waals surface area contributed by atoms with Gasteiger partial charge in [-0.25, -0.2) is 0 Å². The Morgan fingerprint density at radius 1 is 1.12 bits per heavy atom. The van der Waals surface area contributed by atoms with Crippen LogP contribution in [-0.2, 0) is 0 Å². The summed E-state index contributed by atoms with van der Waals surface area (Å²) in [6.45, 7) is 0. The van der Waals surface area contributed by atoms with Crippen LogP contribution in [0, 0.1) is 10.1 Å². The van der Waals surface area contributed by atoms with Crippen LogP contribution < -0.4 is 4.74 Å². The Balaban J connectivity index is 2.61. The molecule has 0 heterocycles. The second-order valence-electron chi connectivity index (χ2n) is 3.51. The van der Waals surface area contributed by atoms with Gasteiger partial charge in [-0.1, -0.05) is 30.3 Å². The minimum absolute atomic E-state index is 0.0806. The van der Waals surface area contributed by atoms with Gasteiger partial charge >= 0.3 is 0 Å². The van der Waals surface area contributed by atoms with Crippen molar-refractivity contribution in [1.82, 2.24) is 0 Å². The summed E-state index contributed by atoms with van der Waals surface area (Å²) in [5.74, 6) is 0.606. The van der Waals surface area contributed by atoms with E-state index in [0.717, 1.165) is 5.56 Å². The molecule has 0 atom stereocenters. The first kappa shape index (κ1) is 11.1. The molecule has 0 unspecified atom stereocenters. The van der Waals surface area contributed by atoms with Crippen LogP contribution in [0.25, 0.3) is 11.1 Å². The molecule has 2 aromatic rings. The van der Waals surface area contributed by atoms with Gasteiger partial charge in [-0.15, -0.1) is 0 Å². The van der Waals surface area contributed by atoms with Gasteiger partial charge < -0.3 is 4.74 Å². The highest BCUT2D eigenvalue weighted by Gasteiger charge is 2.15. The van der Waals surface area contributed by atoms with E-state index in [2.05, 4.69) is 0 Å². The molecule has 2 aromatic carbocycles. The second-order valence-corrected chi connectivity index (χ2v) is 3.51. The fourth-order valence-corrected chi connectivity index (χ4v) is 1.65. The van der Waals surface area contributed by atoms with E-state index in [9.17, 15) is 10.1 Å². The molecule has 0 aliphatic rings. The number of nitro groups is 1. The van der Waals surface area contributed by atoms with Crippen molar-refractivity contribution >= 4 is 5.69 Å². The standard InChI is InChI=1S/C13H11NO3/c1-17-11-7-8-13(14(15)16)12(9-11)10-5-3-2-4-6-10/h2-9H,1H3. The largest absolute Gasteiger partial charge is 0.497 e. The Hall–Kier alpha value is -2.36. The van der Waals surface area contributed by atoms with Crippen molar-refractivity contribution < 1.29 is 9.66 Å². The van der Waals surface area contributed by atoms with Crippen molar-refractivity contribution in [3.8, 4) is 16.9 Å². The number of nitrogens with zero attached hydrogens (tertiary/aromatic N) is 1. The van der Waals surface area contributed by atoms with Gasteiger partial charge in [0.25, 0.3) is 5.69 Å². The number of benzene rings is 2. The molecule has 0 amide bonds. The van der Waals surface area contributed by atoms with E-state index >= 15 is 0 Å². The van der Waals surface area contributed by atoms with Crippen LogP contribution in [0.2, 0.25) is 0 Å². The van der Waals surface area contributed by atoms with Gasteiger partial charge in [-0.05, 0) is 17.7 Å². The molecule has 0 aliphatic heterocycles. The maximum Gasteiger partial charge on any atom is 0.277 e. The molecule has 17 heavy (non-hydrogen) atoms. The first-order valence-corrected chi connectivity index (χ1v) is 5.10. The van der Waals surface area contributed by atoms with Gasteiger partial charge in [-0.3, -0.25) is 10.1 Å². The highest BCUT2D eigenvalue weighted by atomic mass is 16.6. The van der Waals surface area contributed by atoms with E-state index in [4.69, 9.17) is 4.74 Å². The second kappa shape index (κ2) is 4.65. The summed E-state index contributed by atoms with van der Waals surface area (Å²) in [5.41, 5.74) is 1.45. The van der Waals surface area contributed by atoms with E-state index in [1.54, 1.807) is 12.1 Å². The first-order chi connectivity index (χ1) is 8.22. The molecule has 0 bridgehead atoms. The molecule has 4 nitrogen and oxygen atoms in total. The molecule has 0 radical (unpaired) electrons. The Kier molecular flexibility index (Phi) is 3.05. The molecule has 86 valence electrons. The number of rotatable bonds is 3. The van der Waals surface area contributed by atoms with Gasteiger partial charge in [0, 0.05) is 6.07 Å². The van der Waals surface area contributed by atoms with Crippen LogP contribution >= 0.6 is 0 Å². The third-order valence-corrected chi connectivity index (χ3v) is 2.49. The minimum atomic E-state index is -0.387. The zero-order valence-electron chi connectivity index (χ0n) is 9.29. The molecular weight excluding hydrogens is 218 g/mol. The number of nitro benzene ring substituents is 1. The lowest BCUT2D eigenvalue weighted by Crippen LogP contribution is -1.93. The van der Waals surface area contributed by atoms with E-state index in [-0.39, 0.29) is 10.6 Å². The zero-order valence-corrected chi connectivity index (χ0v) is 9.29. The molecule has 0 saturated carbocycles. The molecular formula is C13H11NO3. The predicted octanol–water partition coefficient (Wildman–Crippen LogP) is 3.27. The van der Waals surface area contributed by atoms with Gasteiger partial charge in [0.15, 0.2) is 0 Å². The monoisotopic (exact) mass is 229 g/mol. The molecule has 0 aromatic heterocycles. The quantitative estimate of drug-likeness (QED) is 0.599. The SMILES string of the molecule is COc1ccc([N+](=O)[O-])c(-c2ccccc2)c1. The van der Waals surface area contributed by atoms with Gasteiger partial charge in [-0.2, -0.15) is 0 Å². The van der Waals surface area contributed by atoms with Crippen LogP contribution in [-0.4, -0.2) is 12.0 Å². The summed E-state index contributed by atoms with van der Waals surface area (Å²) in [5, 5.41) is 11.0. The van der Waals surface area contributed by atoms with Crippen LogP contribution in [0.4, 0.5) is 5.69 Å². The maximum atomic E-state index is 11.0. The Bertz CT molecular complexity index is 538. The average Bonchev–Trinajstić information content (AvgIpc) is 2.39. The van der Waals surface area contributed by atoms with E-state index in [0.29, 0.717) is 11.3 Å². The maximum absolute atomic E-state index is 11.0. The number of hydrogen-bond acceptors (Lipinski definition) is 3. The number of ether oxygens (including phenoxy) is 1. The van der Waals surface area contributed by atoms with E-state index in [1.807, 2.05) is 30.3 Å². The molecule has 0 spiro atoms. The fourth-order valence-electron chi connectivity index (χ4n) is 1.65. The lowest BCUT2D eigenvalue weighted by atomic mass is 10.0. The van der Waals surface area contributed by atoms with Crippen molar-refractivity contribution in [2.24, 2.45) is 0 Å². The Labute approximate surface area is 98.6 Å². The van der Waals surface area contributed by atoms with Crippen molar-refractivity contribution in [1.29, 1.82) is 0 Å². The average molecular weight is 229 g/mol. The van der Waals surface area contributed by atoms with Crippen LogP contribution in [0.3, 0.4) is 0 Å². The molecule has 0 fully saturated rings. The van der Waals surface area contributed by atoms with Crippen LogP contribution in [0.1, 0.15) is 0 Å². The zero-order chi connectivity index (χ0) is 12.3. The predicted molar refractivity (Wildman–Crippen MR) is 65.1 cm³/mol. The highest BCUT2D eigenvalue weighted by molar-refractivity contribution is 5.74. The summed E-state index contributed by atoms with van der Waals surface area (Å²) in [6.07, 6.45) is 0. The third kappa shape index (κ3) is 2.25. The van der Waals surface area contributed by atoms with Crippen molar-refractivity contribution in [2.75, 3.05) is 7.11 Å². The fraction of sp³-hybridized carbons (Fsp3) is 0.0769. The number of methoxy groups -OCH3 is 1. The number of hydrogen-bond donors (Lipinski definition) is 0. The third-order valence-electron chi connectivity index (χ3n) is 2.49. The summed E-state index contributed by atoms with van der Waals surface area (Å²) < 4.78 is 5.09. The van der Waals surface area contributed by atoms with Crippen molar-refractivity contribution in [2.45, 2.75) is 0 Å². The minimum Gasteiger partial charge on any atom is -0.497 e. The highest BCUT2D eigenvalue weighted by Crippen LogP contribution is 2.32. The van der Waals surface area contributed by atoms with Crippen LogP contribution in [0.5, 0.6) is 5.75 Å². The summed E-state index contributed by atoms with van der Waals surface area (Å²) in [7, 11) is 1.54. The van der Waals surface area contributed by atoms with Gasteiger partial charge in [0.05, 0.1) is 17.6 Å². The lowest BCUT2D eigenvalue weighted by Gasteiger charge is -2.05. The molecule has 0 saturated heterocycles. The Morgan fingerprint density at radius 2 is 1.82 bits per heavy atom.